The van der Waals surface area contributed by atoms with E-state index < -0.39 is 34.9 Å². The molecule has 0 aliphatic carbocycles. The Labute approximate surface area is 221 Å². The van der Waals surface area contributed by atoms with Crippen LogP contribution in [-0.2, 0) is 4.74 Å². The van der Waals surface area contributed by atoms with Gasteiger partial charge in [0.15, 0.2) is 23.3 Å². The molecule has 0 N–H and O–H groups in total. The molecule has 2 saturated heterocycles. The van der Waals surface area contributed by atoms with Crippen LogP contribution in [-0.4, -0.2) is 65.2 Å². The number of amides is 1. The second kappa shape index (κ2) is 11.4. The number of halogens is 4. The summed E-state index contributed by atoms with van der Waals surface area (Å²) in [5.41, 5.74) is 1.14. The number of carbonyl (C=O) groups excluding carboxylic acids is 1. The molecular weight excluding hydrogens is 498 g/mol. The van der Waals surface area contributed by atoms with Crippen molar-refractivity contribution in [1.29, 1.82) is 0 Å². The number of hydrogen-bond donors (Lipinski definition) is 0. The zero-order chi connectivity index (χ0) is 27.6. The van der Waals surface area contributed by atoms with Gasteiger partial charge in [-0.15, -0.1) is 0 Å². The van der Waals surface area contributed by atoms with Crippen molar-refractivity contribution in [1.82, 2.24) is 14.7 Å². The van der Waals surface area contributed by atoms with Crippen molar-refractivity contribution in [2.24, 2.45) is 0 Å². The summed E-state index contributed by atoms with van der Waals surface area (Å²) in [6.07, 6.45) is 2.33. The quantitative estimate of drug-likeness (QED) is 0.426. The van der Waals surface area contributed by atoms with Crippen molar-refractivity contribution in [3.63, 3.8) is 0 Å². The Morgan fingerprint density at radius 1 is 0.868 bits per heavy atom. The van der Waals surface area contributed by atoms with Gasteiger partial charge in [-0.25, -0.2) is 22.4 Å². The van der Waals surface area contributed by atoms with Crippen molar-refractivity contribution >= 4 is 6.09 Å². The third-order valence-electron chi connectivity index (χ3n) is 7.12. The number of likely N-dealkylation sites (tertiary alicyclic amines) is 1. The minimum Gasteiger partial charge on any atom is -0.444 e. The van der Waals surface area contributed by atoms with Gasteiger partial charge in [0.05, 0.1) is 12.1 Å². The molecule has 2 heterocycles. The van der Waals surface area contributed by atoms with Crippen LogP contribution < -0.4 is 0 Å². The fourth-order valence-electron chi connectivity index (χ4n) is 5.27. The monoisotopic (exact) mass is 533 g/mol. The molecule has 2 aromatic carbocycles. The topological polar surface area (TPSA) is 36.0 Å². The highest BCUT2D eigenvalue weighted by Crippen LogP contribution is 2.33. The molecule has 0 radical (unpaired) electrons. The number of nitrogens with zero attached hydrogens (tertiary/aromatic N) is 3. The number of rotatable bonds is 5. The third kappa shape index (κ3) is 6.31. The molecule has 2 fully saturated rings. The normalized spacial score (nSPS) is 19.1. The molecule has 2 aromatic rings. The molecule has 9 heteroatoms. The minimum atomic E-state index is -0.998. The van der Waals surface area contributed by atoms with Crippen molar-refractivity contribution in [2.45, 2.75) is 57.7 Å². The Morgan fingerprint density at radius 2 is 1.42 bits per heavy atom. The Bertz CT molecular complexity index is 1120. The van der Waals surface area contributed by atoms with Gasteiger partial charge in [0.1, 0.15) is 5.60 Å². The third-order valence-corrected chi connectivity index (χ3v) is 7.12. The number of hydrogen-bond acceptors (Lipinski definition) is 4. The Balaban J connectivity index is 1.51. The van der Waals surface area contributed by atoms with E-state index in [0.29, 0.717) is 43.9 Å². The van der Waals surface area contributed by atoms with Gasteiger partial charge in [-0.05, 0) is 75.4 Å². The second-order valence-electron chi connectivity index (χ2n) is 10.9. The first-order valence-corrected chi connectivity index (χ1v) is 13.0. The Morgan fingerprint density at radius 3 is 1.92 bits per heavy atom. The average Bonchev–Trinajstić information content (AvgIpc) is 2.87. The van der Waals surface area contributed by atoms with E-state index in [4.69, 9.17) is 4.74 Å². The lowest BCUT2D eigenvalue weighted by molar-refractivity contribution is 0.00943. The number of piperazine rings is 1. The fraction of sp³-hybridized carbons (Fsp3) is 0.483. The molecular formula is C29H35F4N3O2. The van der Waals surface area contributed by atoms with Crippen molar-refractivity contribution in [2.75, 3.05) is 32.7 Å². The summed E-state index contributed by atoms with van der Waals surface area (Å²) in [5, 5.41) is 0. The smallest absolute Gasteiger partial charge is 0.410 e. The summed E-state index contributed by atoms with van der Waals surface area (Å²) in [5.74, 6) is -3.94. The first-order chi connectivity index (χ1) is 17.9. The molecule has 206 valence electrons. The average molecular weight is 534 g/mol. The van der Waals surface area contributed by atoms with E-state index in [1.807, 2.05) is 25.7 Å². The summed E-state index contributed by atoms with van der Waals surface area (Å²) in [4.78, 5) is 18.8. The molecule has 0 saturated carbocycles. The van der Waals surface area contributed by atoms with Gasteiger partial charge in [0.2, 0.25) is 0 Å². The number of carbonyl (C=O) groups is 1. The molecule has 0 unspecified atom stereocenters. The van der Waals surface area contributed by atoms with Crippen LogP contribution in [0.1, 0.15) is 57.2 Å². The predicted octanol–water partition coefficient (Wildman–Crippen LogP) is 6.25. The van der Waals surface area contributed by atoms with Gasteiger partial charge in [0.25, 0.3) is 0 Å². The van der Waals surface area contributed by atoms with Gasteiger partial charge < -0.3 is 9.64 Å². The highest BCUT2D eigenvalue weighted by atomic mass is 19.2. The minimum absolute atomic E-state index is 0.168. The molecule has 0 bridgehead atoms. The van der Waals surface area contributed by atoms with Gasteiger partial charge in [-0.3, -0.25) is 9.80 Å². The summed E-state index contributed by atoms with van der Waals surface area (Å²) in [6, 6.07) is 6.48. The summed E-state index contributed by atoms with van der Waals surface area (Å²) in [6.45, 7) is 12.6. The van der Waals surface area contributed by atoms with Crippen LogP contribution in [0.2, 0.25) is 0 Å². The maximum atomic E-state index is 14.2. The summed E-state index contributed by atoms with van der Waals surface area (Å²) in [7, 11) is 0. The maximum absolute atomic E-state index is 14.2. The first-order valence-electron chi connectivity index (χ1n) is 13.0. The standard InChI is InChI=1S/C29H35F4N3O2/c1-19(26-7-5-6-12-36(26)28(37)38-29(2,3)4)34-13-15-35(16-14-34)27(20-8-10-22(30)24(32)17-20)21-9-11-23(31)25(33)18-21/h8-11,17-18,26-27H,1,5-7,12-16H2,2-4H3/t26-/m0/s1. The molecule has 5 nitrogen and oxygen atoms in total. The molecule has 2 aliphatic heterocycles. The highest BCUT2D eigenvalue weighted by molar-refractivity contribution is 5.69. The van der Waals surface area contributed by atoms with Crippen LogP contribution in [0.3, 0.4) is 0 Å². The van der Waals surface area contributed by atoms with Gasteiger partial charge in [-0.2, -0.15) is 0 Å². The van der Waals surface area contributed by atoms with Gasteiger partial charge in [-0.1, -0.05) is 18.7 Å². The van der Waals surface area contributed by atoms with Crippen LogP contribution in [0.15, 0.2) is 48.7 Å². The zero-order valence-corrected chi connectivity index (χ0v) is 22.2. The summed E-state index contributed by atoms with van der Waals surface area (Å²) < 4.78 is 61.3. The van der Waals surface area contributed by atoms with E-state index in [-0.39, 0.29) is 12.1 Å². The highest BCUT2D eigenvalue weighted by Gasteiger charge is 2.35. The fourth-order valence-corrected chi connectivity index (χ4v) is 5.27. The lowest BCUT2D eigenvalue weighted by atomic mass is 9.95. The van der Waals surface area contributed by atoms with E-state index in [9.17, 15) is 22.4 Å². The number of benzene rings is 2. The number of piperidine rings is 1. The van der Waals surface area contributed by atoms with E-state index in [0.717, 1.165) is 49.2 Å². The van der Waals surface area contributed by atoms with E-state index >= 15 is 0 Å². The zero-order valence-electron chi connectivity index (χ0n) is 22.2. The summed E-state index contributed by atoms with van der Waals surface area (Å²) >= 11 is 0. The van der Waals surface area contributed by atoms with Gasteiger partial charge in [0, 0.05) is 38.4 Å². The van der Waals surface area contributed by atoms with Crippen LogP contribution in [0.5, 0.6) is 0 Å². The molecule has 1 amide bonds. The molecule has 2 aliphatic rings. The van der Waals surface area contributed by atoms with Crippen molar-refractivity contribution in [3.05, 3.63) is 83.1 Å². The first kappa shape index (κ1) is 28.0. The maximum Gasteiger partial charge on any atom is 0.410 e. The van der Waals surface area contributed by atoms with Crippen LogP contribution in [0.25, 0.3) is 0 Å². The lowest BCUT2D eigenvalue weighted by Gasteiger charge is -2.45. The predicted molar refractivity (Wildman–Crippen MR) is 137 cm³/mol. The Hall–Kier alpha value is -3.07. The molecule has 0 spiro atoms. The molecule has 0 aromatic heterocycles. The number of ether oxygens (including phenoxy) is 1. The van der Waals surface area contributed by atoms with E-state index in [2.05, 4.69) is 11.5 Å². The lowest BCUT2D eigenvalue weighted by Crippen LogP contribution is -2.53. The second-order valence-corrected chi connectivity index (χ2v) is 10.9. The van der Waals surface area contributed by atoms with Crippen molar-refractivity contribution in [3.8, 4) is 0 Å². The molecule has 4 rings (SSSR count). The largest absolute Gasteiger partial charge is 0.444 e. The Kier molecular flexibility index (Phi) is 8.35. The molecule has 1 atom stereocenters. The van der Waals surface area contributed by atoms with Crippen LogP contribution in [0.4, 0.5) is 22.4 Å². The van der Waals surface area contributed by atoms with E-state index in [1.165, 1.54) is 12.1 Å². The SMILES string of the molecule is C=C([C@@H]1CCCCN1C(=O)OC(C)(C)C)N1CCN(C(c2ccc(F)c(F)c2)c2ccc(F)c(F)c2)CC1. The van der Waals surface area contributed by atoms with E-state index in [1.54, 1.807) is 4.90 Å². The van der Waals surface area contributed by atoms with Crippen LogP contribution in [0, 0.1) is 23.3 Å². The van der Waals surface area contributed by atoms with Gasteiger partial charge >= 0.3 is 6.09 Å². The molecule has 38 heavy (non-hydrogen) atoms. The van der Waals surface area contributed by atoms with Crippen LogP contribution >= 0.6 is 0 Å². The van der Waals surface area contributed by atoms with Crippen molar-refractivity contribution < 1.29 is 27.1 Å².